The normalized spacial score (nSPS) is 17.1. The molecule has 1 N–H and O–H groups in total. The Kier molecular flexibility index (Phi) is 4.53. The molecule has 1 amide bonds. The number of aryl methyl sites for hydroxylation is 1. The Bertz CT molecular complexity index is 962. The maximum atomic E-state index is 13.2. The Hall–Kier alpha value is -3.29. The van der Waals surface area contributed by atoms with Crippen molar-refractivity contribution in [1.29, 1.82) is 0 Å². The molecule has 0 aliphatic carbocycles. The van der Waals surface area contributed by atoms with Crippen LogP contribution in [0.25, 0.3) is 11.4 Å². The van der Waals surface area contributed by atoms with Crippen LogP contribution in [0.15, 0.2) is 43.0 Å². The molecule has 1 aliphatic heterocycles. The third-order valence-electron chi connectivity index (χ3n) is 4.95. The van der Waals surface area contributed by atoms with Gasteiger partial charge in [0.05, 0.1) is 5.56 Å². The number of nitrogens with zero attached hydrogens (tertiary/aromatic N) is 5. The van der Waals surface area contributed by atoms with Gasteiger partial charge in [0.1, 0.15) is 6.33 Å². The standard InChI is InChI=1S/C19H20N6O2/c1-24-10-8-20-18(24)16(26)13-5-4-9-25(11-13)19(27)15-7-3-2-6-14(15)17-21-12-22-23-17/h2-3,6-8,10,12-13H,4-5,9,11H2,1H3,(H,21,22,23)/t13-/m1/s1. The van der Waals surface area contributed by atoms with Crippen LogP contribution in [-0.2, 0) is 7.05 Å². The maximum absolute atomic E-state index is 13.2. The van der Waals surface area contributed by atoms with Crippen LogP contribution in [0.3, 0.4) is 0 Å². The summed E-state index contributed by atoms with van der Waals surface area (Å²) >= 11 is 0. The van der Waals surface area contributed by atoms with Gasteiger partial charge < -0.3 is 9.47 Å². The fourth-order valence-electron chi connectivity index (χ4n) is 3.54. The molecule has 27 heavy (non-hydrogen) atoms. The minimum atomic E-state index is -0.235. The number of Topliss-reactive ketones (excluding diaryl/α,β-unsaturated/α-hetero) is 1. The van der Waals surface area contributed by atoms with E-state index in [0.717, 1.165) is 12.8 Å². The third kappa shape index (κ3) is 3.25. The summed E-state index contributed by atoms with van der Waals surface area (Å²) in [6.07, 6.45) is 6.34. The highest BCUT2D eigenvalue weighted by Gasteiger charge is 2.31. The number of carbonyl (C=O) groups excluding carboxylic acids is 2. The fraction of sp³-hybridized carbons (Fsp3) is 0.316. The Morgan fingerprint density at radius 3 is 2.81 bits per heavy atom. The average Bonchev–Trinajstić information content (AvgIpc) is 3.39. The molecule has 1 aromatic carbocycles. The number of benzene rings is 1. The highest BCUT2D eigenvalue weighted by atomic mass is 16.2. The summed E-state index contributed by atoms with van der Waals surface area (Å²) in [5.41, 5.74) is 1.26. The Labute approximate surface area is 156 Å². The van der Waals surface area contributed by atoms with Crippen LogP contribution in [0.4, 0.5) is 0 Å². The molecule has 1 atom stereocenters. The summed E-state index contributed by atoms with van der Waals surface area (Å²) in [7, 11) is 1.81. The first-order valence-electron chi connectivity index (χ1n) is 8.90. The molecule has 138 valence electrons. The minimum absolute atomic E-state index is 0.0106. The Balaban J connectivity index is 1.57. The maximum Gasteiger partial charge on any atom is 0.254 e. The first-order chi connectivity index (χ1) is 13.1. The number of likely N-dealkylation sites (tertiary alicyclic amines) is 1. The molecule has 0 spiro atoms. The molecule has 8 heteroatoms. The number of aromatic amines is 1. The molecule has 1 fully saturated rings. The van der Waals surface area contributed by atoms with Crippen molar-refractivity contribution in [3.63, 3.8) is 0 Å². The van der Waals surface area contributed by atoms with Crippen LogP contribution >= 0.6 is 0 Å². The van der Waals surface area contributed by atoms with Crippen LogP contribution in [0, 0.1) is 5.92 Å². The van der Waals surface area contributed by atoms with E-state index < -0.39 is 0 Å². The van der Waals surface area contributed by atoms with Gasteiger partial charge in [-0.25, -0.2) is 9.97 Å². The predicted octanol–water partition coefficient (Wildman–Crippen LogP) is 1.94. The number of piperidine rings is 1. The van der Waals surface area contributed by atoms with E-state index in [4.69, 9.17) is 0 Å². The van der Waals surface area contributed by atoms with Crippen molar-refractivity contribution in [2.75, 3.05) is 13.1 Å². The van der Waals surface area contributed by atoms with Crippen molar-refractivity contribution in [1.82, 2.24) is 29.6 Å². The average molecular weight is 364 g/mol. The topological polar surface area (TPSA) is 96.8 Å². The van der Waals surface area contributed by atoms with Crippen LogP contribution in [0.5, 0.6) is 0 Å². The van der Waals surface area contributed by atoms with Gasteiger partial charge in [0, 0.05) is 44.0 Å². The summed E-state index contributed by atoms with van der Waals surface area (Å²) in [6, 6.07) is 7.31. The van der Waals surface area contributed by atoms with Crippen molar-refractivity contribution in [3.05, 3.63) is 54.4 Å². The zero-order chi connectivity index (χ0) is 18.8. The van der Waals surface area contributed by atoms with Gasteiger partial charge in [-0.3, -0.25) is 14.7 Å². The number of H-pyrrole nitrogens is 1. The Morgan fingerprint density at radius 1 is 1.22 bits per heavy atom. The van der Waals surface area contributed by atoms with E-state index in [0.29, 0.717) is 35.9 Å². The SMILES string of the molecule is Cn1ccnc1C(=O)[C@@H]1CCCN(C(=O)c2ccccc2-c2ncn[nH]2)C1. The quantitative estimate of drug-likeness (QED) is 0.714. The molecule has 3 aromatic rings. The van der Waals surface area contributed by atoms with E-state index in [1.54, 1.807) is 35.0 Å². The zero-order valence-corrected chi connectivity index (χ0v) is 15.0. The third-order valence-corrected chi connectivity index (χ3v) is 4.95. The smallest absolute Gasteiger partial charge is 0.254 e. The van der Waals surface area contributed by atoms with Gasteiger partial charge in [-0.15, -0.1) is 0 Å². The molecule has 1 aliphatic rings. The molecule has 8 nitrogen and oxygen atoms in total. The largest absolute Gasteiger partial charge is 0.338 e. The van der Waals surface area contributed by atoms with Crippen molar-refractivity contribution < 1.29 is 9.59 Å². The summed E-state index contributed by atoms with van der Waals surface area (Å²) in [6.45, 7) is 1.03. The molecule has 2 aromatic heterocycles. The summed E-state index contributed by atoms with van der Waals surface area (Å²) in [5, 5.41) is 6.67. The molecule has 0 bridgehead atoms. The molecule has 4 rings (SSSR count). The number of ketones is 1. The monoisotopic (exact) mass is 364 g/mol. The predicted molar refractivity (Wildman–Crippen MR) is 98.0 cm³/mol. The lowest BCUT2D eigenvalue weighted by Gasteiger charge is -2.32. The minimum Gasteiger partial charge on any atom is -0.338 e. The van der Waals surface area contributed by atoms with Gasteiger partial charge in [-0.2, -0.15) is 5.10 Å². The van der Waals surface area contributed by atoms with E-state index >= 15 is 0 Å². The van der Waals surface area contributed by atoms with Gasteiger partial charge in [0.2, 0.25) is 5.78 Å². The number of amides is 1. The Morgan fingerprint density at radius 2 is 2.07 bits per heavy atom. The first kappa shape index (κ1) is 17.1. The zero-order valence-electron chi connectivity index (χ0n) is 15.0. The highest BCUT2D eigenvalue weighted by molar-refractivity contribution is 6.01. The number of nitrogens with one attached hydrogen (secondary N) is 1. The number of hydrogen-bond acceptors (Lipinski definition) is 5. The fourth-order valence-corrected chi connectivity index (χ4v) is 3.54. The highest BCUT2D eigenvalue weighted by Crippen LogP contribution is 2.25. The number of aromatic nitrogens is 5. The van der Waals surface area contributed by atoms with Crippen molar-refractivity contribution in [3.8, 4) is 11.4 Å². The van der Waals surface area contributed by atoms with Gasteiger partial charge in [0.15, 0.2) is 11.6 Å². The van der Waals surface area contributed by atoms with Crippen LogP contribution in [0.2, 0.25) is 0 Å². The van der Waals surface area contributed by atoms with Crippen molar-refractivity contribution in [2.45, 2.75) is 12.8 Å². The summed E-state index contributed by atoms with van der Waals surface area (Å²) < 4.78 is 1.72. The molecule has 0 unspecified atom stereocenters. The summed E-state index contributed by atoms with van der Waals surface area (Å²) in [5.74, 6) is 0.650. The second-order valence-electron chi connectivity index (χ2n) is 6.70. The van der Waals surface area contributed by atoms with Crippen LogP contribution < -0.4 is 0 Å². The van der Waals surface area contributed by atoms with E-state index in [-0.39, 0.29) is 17.6 Å². The van der Waals surface area contributed by atoms with Gasteiger partial charge >= 0.3 is 0 Å². The second kappa shape index (κ2) is 7.14. The van der Waals surface area contributed by atoms with Gasteiger partial charge in [-0.05, 0) is 18.9 Å². The lowest BCUT2D eigenvalue weighted by Crippen LogP contribution is -2.43. The van der Waals surface area contributed by atoms with Crippen molar-refractivity contribution in [2.24, 2.45) is 13.0 Å². The second-order valence-corrected chi connectivity index (χ2v) is 6.70. The van der Waals surface area contributed by atoms with E-state index in [9.17, 15) is 9.59 Å². The number of carbonyl (C=O) groups is 2. The van der Waals surface area contributed by atoms with Gasteiger partial charge in [-0.1, -0.05) is 18.2 Å². The molecule has 0 saturated carbocycles. The van der Waals surface area contributed by atoms with E-state index in [2.05, 4.69) is 20.2 Å². The molecule has 0 radical (unpaired) electrons. The molecular formula is C19H20N6O2. The van der Waals surface area contributed by atoms with Gasteiger partial charge in [0.25, 0.3) is 5.91 Å². The molecular weight excluding hydrogens is 344 g/mol. The molecule has 1 saturated heterocycles. The lowest BCUT2D eigenvalue weighted by molar-refractivity contribution is 0.0633. The number of rotatable bonds is 4. The van der Waals surface area contributed by atoms with E-state index in [1.165, 1.54) is 6.33 Å². The summed E-state index contributed by atoms with van der Waals surface area (Å²) in [4.78, 5) is 36.0. The van der Waals surface area contributed by atoms with E-state index in [1.807, 2.05) is 18.2 Å². The van der Waals surface area contributed by atoms with Crippen molar-refractivity contribution >= 4 is 11.7 Å². The van der Waals surface area contributed by atoms with Crippen LogP contribution in [0.1, 0.15) is 33.8 Å². The molecule has 3 heterocycles. The number of imidazole rings is 1. The first-order valence-corrected chi connectivity index (χ1v) is 8.90. The number of hydrogen-bond donors (Lipinski definition) is 1. The van der Waals surface area contributed by atoms with Crippen LogP contribution in [-0.4, -0.2) is 54.4 Å². The lowest BCUT2D eigenvalue weighted by atomic mass is 9.92.